The van der Waals surface area contributed by atoms with Crippen LogP contribution in [0, 0.1) is 0 Å². The first kappa shape index (κ1) is 12.5. The van der Waals surface area contributed by atoms with Crippen LogP contribution < -0.4 is 0 Å². The van der Waals surface area contributed by atoms with E-state index in [0.29, 0.717) is 11.3 Å². The van der Waals surface area contributed by atoms with Crippen LogP contribution in [0.4, 0.5) is 0 Å². The van der Waals surface area contributed by atoms with E-state index in [9.17, 15) is 0 Å². The quantitative estimate of drug-likeness (QED) is 0.436. The summed E-state index contributed by atoms with van der Waals surface area (Å²) in [4.78, 5) is 0. The third-order valence-electron chi connectivity index (χ3n) is 0.987. The van der Waals surface area contributed by atoms with E-state index in [1.165, 1.54) is 0 Å². The molecule has 0 heterocycles. The van der Waals surface area contributed by atoms with Gasteiger partial charge in [0, 0.05) is 0 Å². The minimum Gasteiger partial charge on any atom is -0.0959 e. The lowest BCUT2D eigenvalue weighted by atomic mass is 10.5. The van der Waals surface area contributed by atoms with Gasteiger partial charge in [-0.1, -0.05) is 38.9 Å². The highest BCUT2D eigenvalue weighted by Crippen LogP contribution is 2.50. The highest BCUT2D eigenvalue weighted by Gasteiger charge is 2.12. The van der Waals surface area contributed by atoms with Gasteiger partial charge in [0.15, 0.2) is 0 Å². The fourth-order valence-electron chi connectivity index (χ4n) is 0.596. The Morgan fingerprint density at radius 3 is 1.22 bits per heavy atom. The normalized spacial score (nSPS) is 10.7. The number of hydrogen-bond donors (Lipinski definition) is 0. The van der Waals surface area contributed by atoms with E-state index in [4.69, 9.17) is 11.2 Å². The van der Waals surface area contributed by atoms with E-state index >= 15 is 0 Å². The van der Waals surface area contributed by atoms with Gasteiger partial charge < -0.3 is 0 Å². The van der Waals surface area contributed by atoms with Crippen molar-refractivity contribution in [1.29, 1.82) is 0 Å². The fraction of sp³-hybridized carbons (Fsp3) is 1.00. The minimum atomic E-state index is -0.226. The lowest BCUT2D eigenvalue weighted by Gasteiger charge is -2.16. The molecule has 0 N–H and O–H groups in total. The molecule has 0 radical (unpaired) electrons. The van der Waals surface area contributed by atoms with Crippen molar-refractivity contribution in [3.8, 4) is 0 Å². The Bertz CT molecular complexity index is 58.1. The summed E-state index contributed by atoms with van der Waals surface area (Å²) in [6.45, 7) is 8.72. The zero-order valence-corrected chi connectivity index (χ0v) is 7.63. The van der Waals surface area contributed by atoms with Gasteiger partial charge in [0.2, 0.25) is 0 Å². The Labute approximate surface area is 66.5 Å². The van der Waals surface area contributed by atoms with E-state index < -0.39 is 0 Å². The van der Waals surface area contributed by atoms with E-state index in [1.807, 2.05) is 0 Å². The average Bonchev–Trinajstić information content (AvgIpc) is 1.64. The Morgan fingerprint density at radius 2 is 1.22 bits per heavy atom. The third kappa shape index (κ3) is 5.24. The van der Waals surface area contributed by atoms with Crippen molar-refractivity contribution in [2.45, 2.75) is 39.0 Å². The Balaban J connectivity index is 0. The van der Waals surface area contributed by atoms with Crippen LogP contribution in [0.25, 0.3) is 0 Å². The second kappa shape index (κ2) is 5.56. The number of rotatable bonds is 2. The summed E-state index contributed by atoms with van der Waals surface area (Å²) in [6, 6.07) is 0. The van der Waals surface area contributed by atoms with Crippen molar-refractivity contribution in [3.05, 3.63) is 0 Å². The molecule has 0 saturated carbocycles. The highest BCUT2D eigenvalue weighted by atomic mass is 35.7. The topological polar surface area (TPSA) is 0 Å². The minimum absolute atomic E-state index is 0. The first-order valence-corrected chi connectivity index (χ1v) is 5.38. The van der Waals surface area contributed by atoms with E-state index in [0.717, 1.165) is 0 Å². The molecule has 0 bridgehead atoms. The molecule has 0 unspecified atom stereocenters. The van der Waals surface area contributed by atoms with Gasteiger partial charge in [-0.25, -0.2) is 0 Å². The van der Waals surface area contributed by atoms with Crippen molar-refractivity contribution in [1.82, 2.24) is 0 Å². The van der Waals surface area contributed by atoms with Crippen molar-refractivity contribution in [2.75, 3.05) is 0 Å². The van der Waals surface area contributed by atoms with Crippen LogP contribution in [-0.4, -0.2) is 19.7 Å². The van der Waals surface area contributed by atoms with Gasteiger partial charge in [0.25, 0.3) is 0 Å². The second-order valence-corrected chi connectivity index (χ2v) is 6.46. The maximum atomic E-state index is 6.02. The van der Waals surface area contributed by atoms with Crippen molar-refractivity contribution < 1.29 is 0 Å². The first-order valence-electron chi connectivity index (χ1n) is 2.99. The predicted molar refractivity (Wildman–Crippen MR) is 53.0 cm³/mol. The van der Waals surface area contributed by atoms with Crippen LogP contribution in [0.1, 0.15) is 27.7 Å². The standard InChI is InChI=1S/C6H14ClP.BH3/c1-5(2)8(7)6(3)4;/h5-6H,1-4H3;1H3. The van der Waals surface area contributed by atoms with Crippen LogP contribution in [-0.2, 0) is 0 Å². The summed E-state index contributed by atoms with van der Waals surface area (Å²) < 4.78 is 0. The van der Waals surface area contributed by atoms with E-state index in [2.05, 4.69) is 27.7 Å². The van der Waals surface area contributed by atoms with Crippen LogP contribution >= 0.6 is 18.5 Å². The van der Waals surface area contributed by atoms with Crippen LogP contribution in [0.2, 0.25) is 0 Å². The zero-order chi connectivity index (χ0) is 6.73. The van der Waals surface area contributed by atoms with Crippen LogP contribution in [0.15, 0.2) is 0 Å². The van der Waals surface area contributed by atoms with Gasteiger partial charge in [0.1, 0.15) is 0 Å². The lowest BCUT2D eigenvalue weighted by molar-refractivity contribution is 1.03. The lowest BCUT2D eigenvalue weighted by Crippen LogP contribution is -1.97. The van der Waals surface area contributed by atoms with Crippen molar-refractivity contribution in [3.63, 3.8) is 0 Å². The molecule has 0 nitrogen and oxygen atoms in total. The molecule has 0 aromatic heterocycles. The highest BCUT2D eigenvalue weighted by molar-refractivity contribution is 7.85. The third-order valence-corrected chi connectivity index (χ3v) is 5.30. The molecule has 0 aromatic carbocycles. The van der Waals surface area contributed by atoms with Gasteiger partial charge in [-0.15, -0.1) is 0 Å². The molecule has 0 aliphatic heterocycles. The maximum Gasteiger partial charge on any atom is 0.0814 e. The van der Waals surface area contributed by atoms with Crippen molar-refractivity contribution in [2.24, 2.45) is 0 Å². The fourth-order valence-corrected chi connectivity index (χ4v) is 1.79. The Hall–Kier alpha value is 0.785. The number of hydrogen-bond acceptors (Lipinski definition) is 0. The molecule has 0 saturated heterocycles. The largest absolute Gasteiger partial charge is 0.0959 e. The molecular weight excluding hydrogens is 149 g/mol. The van der Waals surface area contributed by atoms with Gasteiger partial charge in [-0.3, -0.25) is 0 Å². The summed E-state index contributed by atoms with van der Waals surface area (Å²) in [6.07, 6.45) is 0. The Morgan fingerprint density at radius 1 is 1.00 bits per heavy atom. The summed E-state index contributed by atoms with van der Waals surface area (Å²) >= 11 is 6.02. The summed E-state index contributed by atoms with van der Waals surface area (Å²) in [5, 5.41) is 0. The molecule has 0 aliphatic carbocycles. The second-order valence-electron chi connectivity index (χ2n) is 2.53. The molecule has 0 rings (SSSR count). The SMILES string of the molecule is B.CC(C)P(Cl)C(C)C. The maximum absolute atomic E-state index is 6.02. The van der Waals surface area contributed by atoms with Crippen molar-refractivity contribution >= 4 is 26.9 Å². The van der Waals surface area contributed by atoms with Gasteiger partial charge in [-0.2, -0.15) is 0 Å². The monoisotopic (exact) mass is 166 g/mol. The molecule has 0 spiro atoms. The molecule has 0 amide bonds. The number of halogens is 1. The Kier molecular flexibility index (Phi) is 7.70. The molecular formula is C6H17BClP. The molecule has 0 fully saturated rings. The van der Waals surface area contributed by atoms with Gasteiger partial charge in [0.05, 0.1) is 8.41 Å². The van der Waals surface area contributed by atoms with E-state index in [1.54, 1.807) is 0 Å². The predicted octanol–water partition coefficient (Wildman–Crippen LogP) is 2.25. The summed E-state index contributed by atoms with van der Waals surface area (Å²) in [5.74, 6) is 0. The summed E-state index contributed by atoms with van der Waals surface area (Å²) in [7, 11) is -0.226. The summed E-state index contributed by atoms with van der Waals surface area (Å²) in [5.41, 5.74) is 1.35. The van der Waals surface area contributed by atoms with Gasteiger partial charge in [-0.05, 0) is 18.6 Å². The zero-order valence-electron chi connectivity index (χ0n) is 5.98. The molecule has 56 valence electrons. The molecule has 0 aromatic rings. The smallest absolute Gasteiger partial charge is 0.0814 e. The molecule has 9 heavy (non-hydrogen) atoms. The molecule has 3 heteroatoms. The molecule has 0 atom stereocenters. The molecule has 0 aliphatic rings. The average molecular weight is 166 g/mol. The van der Waals surface area contributed by atoms with E-state index in [-0.39, 0.29) is 15.7 Å². The van der Waals surface area contributed by atoms with Crippen LogP contribution in [0.3, 0.4) is 0 Å². The van der Waals surface area contributed by atoms with Crippen LogP contribution in [0.5, 0.6) is 0 Å². The first-order chi connectivity index (χ1) is 3.55. The van der Waals surface area contributed by atoms with Gasteiger partial charge >= 0.3 is 0 Å².